The van der Waals surface area contributed by atoms with E-state index in [-0.39, 0.29) is 11.9 Å². The maximum atomic E-state index is 11.6. The van der Waals surface area contributed by atoms with Crippen LogP contribution in [0.5, 0.6) is 0 Å². The van der Waals surface area contributed by atoms with Crippen molar-refractivity contribution in [2.75, 3.05) is 7.11 Å². The van der Waals surface area contributed by atoms with Crippen LogP contribution in [-0.4, -0.2) is 25.0 Å². The number of carbonyl (C=O) groups is 2. The number of amides is 1. The Kier molecular flexibility index (Phi) is 6.77. The minimum Gasteiger partial charge on any atom is -0.467 e. The SMILES string of the molecule is COC(=O)C(CC(C)CCc1ccccc1)NC(C)=O. The summed E-state index contributed by atoms with van der Waals surface area (Å²) in [5.41, 5.74) is 1.29. The fourth-order valence-corrected chi connectivity index (χ4v) is 2.18. The molecule has 0 heterocycles. The summed E-state index contributed by atoms with van der Waals surface area (Å²) in [4.78, 5) is 22.7. The number of benzene rings is 1. The van der Waals surface area contributed by atoms with Gasteiger partial charge in [-0.3, -0.25) is 4.79 Å². The molecule has 110 valence electrons. The van der Waals surface area contributed by atoms with E-state index < -0.39 is 6.04 Å². The van der Waals surface area contributed by atoms with Gasteiger partial charge in [0.15, 0.2) is 0 Å². The van der Waals surface area contributed by atoms with Crippen molar-refractivity contribution in [2.24, 2.45) is 5.92 Å². The molecule has 2 unspecified atom stereocenters. The van der Waals surface area contributed by atoms with E-state index in [9.17, 15) is 9.59 Å². The average Bonchev–Trinajstić information content (AvgIpc) is 2.44. The maximum absolute atomic E-state index is 11.6. The average molecular weight is 277 g/mol. The minimum atomic E-state index is -0.553. The number of ether oxygens (including phenoxy) is 1. The van der Waals surface area contributed by atoms with Gasteiger partial charge in [0.2, 0.25) is 5.91 Å². The largest absolute Gasteiger partial charge is 0.467 e. The summed E-state index contributed by atoms with van der Waals surface area (Å²) in [5.74, 6) is -0.270. The van der Waals surface area contributed by atoms with Gasteiger partial charge in [-0.1, -0.05) is 37.3 Å². The van der Waals surface area contributed by atoms with E-state index in [1.807, 2.05) is 18.2 Å². The molecule has 0 saturated carbocycles. The molecule has 0 bridgehead atoms. The van der Waals surface area contributed by atoms with Gasteiger partial charge in [-0.05, 0) is 30.7 Å². The van der Waals surface area contributed by atoms with Crippen molar-refractivity contribution in [3.8, 4) is 0 Å². The summed E-state index contributed by atoms with van der Waals surface area (Å²) in [6.07, 6.45) is 2.53. The lowest BCUT2D eigenvalue weighted by molar-refractivity contribution is -0.145. The van der Waals surface area contributed by atoms with Crippen LogP contribution in [0.2, 0.25) is 0 Å². The summed E-state index contributed by atoms with van der Waals surface area (Å²) in [5, 5.41) is 2.65. The quantitative estimate of drug-likeness (QED) is 0.778. The molecular formula is C16H23NO3. The van der Waals surface area contributed by atoms with Crippen molar-refractivity contribution in [1.29, 1.82) is 0 Å². The predicted octanol–water partition coefficient (Wildman–Crippen LogP) is 2.32. The molecule has 1 aromatic rings. The normalized spacial score (nSPS) is 13.3. The summed E-state index contributed by atoms with van der Waals surface area (Å²) in [6, 6.07) is 9.68. The van der Waals surface area contributed by atoms with E-state index in [2.05, 4.69) is 24.4 Å². The molecule has 2 atom stereocenters. The zero-order valence-corrected chi connectivity index (χ0v) is 12.4. The Morgan fingerprint density at radius 1 is 1.25 bits per heavy atom. The van der Waals surface area contributed by atoms with Gasteiger partial charge >= 0.3 is 5.97 Å². The van der Waals surface area contributed by atoms with Crippen molar-refractivity contribution in [3.05, 3.63) is 35.9 Å². The highest BCUT2D eigenvalue weighted by molar-refractivity contribution is 5.83. The number of methoxy groups -OCH3 is 1. The van der Waals surface area contributed by atoms with E-state index in [0.717, 1.165) is 12.8 Å². The fraction of sp³-hybridized carbons (Fsp3) is 0.500. The predicted molar refractivity (Wildman–Crippen MR) is 78.2 cm³/mol. The molecule has 4 heteroatoms. The summed E-state index contributed by atoms with van der Waals surface area (Å²) >= 11 is 0. The summed E-state index contributed by atoms with van der Waals surface area (Å²) in [6.45, 7) is 3.49. The third kappa shape index (κ3) is 5.87. The van der Waals surface area contributed by atoms with E-state index >= 15 is 0 Å². The van der Waals surface area contributed by atoms with Crippen molar-refractivity contribution in [1.82, 2.24) is 5.32 Å². The van der Waals surface area contributed by atoms with Crippen LogP contribution in [0.25, 0.3) is 0 Å². The van der Waals surface area contributed by atoms with Crippen LogP contribution in [-0.2, 0) is 20.7 Å². The topological polar surface area (TPSA) is 55.4 Å². The second-order valence-corrected chi connectivity index (χ2v) is 5.14. The van der Waals surface area contributed by atoms with Gasteiger partial charge in [0.25, 0.3) is 0 Å². The van der Waals surface area contributed by atoms with Crippen LogP contribution >= 0.6 is 0 Å². The highest BCUT2D eigenvalue weighted by Gasteiger charge is 2.22. The second-order valence-electron chi connectivity index (χ2n) is 5.14. The molecule has 0 radical (unpaired) electrons. The molecule has 0 aromatic heterocycles. The number of aryl methyl sites for hydroxylation is 1. The highest BCUT2D eigenvalue weighted by Crippen LogP contribution is 2.15. The Morgan fingerprint density at radius 2 is 1.90 bits per heavy atom. The minimum absolute atomic E-state index is 0.212. The smallest absolute Gasteiger partial charge is 0.328 e. The zero-order chi connectivity index (χ0) is 15.0. The van der Waals surface area contributed by atoms with Gasteiger partial charge in [-0.15, -0.1) is 0 Å². The molecule has 4 nitrogen and oxygen atoms in total. The van der Waals surface area contributed by atoms with Crippen LogP contribution in [0.4, 0.5) is 0 Å². The Labute approximate surface area is 120 Å². The van der Waals surface area contributed by atoms with Gasteiger partial charge in [0.05, 0.1) is 7.11 Å². The van der Waals surface area contributed by atoms with Crippen LogP contribution in [0.15, 0.2) is 30.3 Å². The van der Waals surface area contributed by atoms with Gasteiger partial charge < -0.3 is 10.1 Å². The van der Waals surface area contributed by atoms with E-state index in [1.165, 1.54) is 19.6 Å². The molecule has 20 heavy (non-hydrogen) atoms. The lowest BCUT2D eigenvalue weighted by atomic mass is 9.94. The fourth-order valence-electron chi connectivity index (χ4n) is 2.18. The lowest BCUT2D eigenvalue weighted by Gasteiger charge is -2.19. The number of carbonyl (C=O) groups excluding carboxylic acids is 2. The second kappa shape index (κ2) is 8.35. The van der Waals surface area contributed by atoms with E-state index in [1.54, 1.807) is 0 Å². The molecule has 0 aliphatic heterocycles. The monoisotopic (exact) mass is 277 g/mol. The molecule has 0 fully saturated rings. The molecular weight excluding hydrogens is 254 g/mol. The molecule has 0 aliphatic rings. The van der Waals surface area contributed by atoms with Crippen LogP contribution in [0.3, 0.4) is 0 Å². The Balaban J connectivity index is 2.47. The Hall–Kier alpha value is -1.84. The third-order valence-electron chi connectivity index (χ3n) is 3.27. The number of rotatable bonds is 7. The maximum Gasteiger partial charge on any atom is 0.328 e. The van der Waals surface area contributed by atoms with Gasteiger partial charge in [-0.2, -0.15) is 0 Å². The first-order chi connectivity index (χ1) is 9.52. The molecule has 1 N–H and O–H groups in total. The number of nitrogens with one attached hydrogen (secondary N) is 1. The highest BCUT2D eigenvalue weighted by atomic mass is 16.5. The van der Waals surface area contributed by atoms with E-state index in [0.29, 0.717) is 12.3 Å². The van der Waals surface area contributed by atoms with Crippen molar-refractivity contribution < 1.29 is 14.3 Å². The molecule has 1 rings (SSSR count). The van der Waals surface area contributed by atoms with Crippen LogP contribution in [0.1, 0.15) is 32.3 Å². The third-order valence-corrected chi connectivity index (χ3v) is 3.27. The standard InChI is InChI=1S/C16H23NO3/c1-12(9-10-14-7-5-4-6-8-14)11-15(16(19)20-3)17-13(2)18/h4-8,12,15H,9-11H2,1-3H3,(H,17,18). The number of hydrogen-bond donors (Lipinski definition) is 1. The molecule has 0 aliphatic carbocycles. The van der Waals surface area contributed by atoms with Crippen LogP contribution < -0.4 is 5.32 Å². The first kappa shape index (κ1) is 16.2. The van der Waals surface area contributed by atoms with Crippen molar-refractivity contribution in [2.45, 2.75) is 39.2 Å². The van der Waals surface area contributed by atoms with Crippen LogP contribution in [0, 0.1) is 5.92 Å². The number of esters is 1. The Morgan fingerprint density at radius 3 is 2.45 bits per heavy atom. The van der Waals surface area contributed by atoms with Crippen molar-refractivity contribution in [3.63, 3.8) is 0 Å². The molecule has 1 aromatic carbocycles. The zero-order valence-electron chi connectivity index (χ0n) is 12.4. The Bertz CT molecular complexity index is 431. The molecule has 0 saturated heterocycles. The van der Waals surface area contributed by atoms with Gasteiger partial charge in [-0.25, -0.2) is 4.79 Å². The summed E-state index contributed by atoms with van der Waals surface area (Å²) in [7, 11) is 1.34. The van der Waals surface area contributed by atoms with Gasteiger partial charge in [0.1, 0.15) is 6.04 Å². The molecule has 0 spiro atoms. The summed E-state index contributed by atoms with van der Waals surface area (Å²) < 4.78 is 4.72. The number of hydrogen-bond acceptors (Lipinski definition) is 3. The first-order valence-electron chi connectivity index (χ1n) is 6.91. The molecule has 1 amide bonds. The van der Waals surface area contributed by atoms with Gasteiger partial charge in [0, 0.05) is 6.92 Å². The first-order valence-corrected chi connectivity index (χ1v) is 6.91. The lowest BCUT2D eigenvalue weighted by Crippen LogP contribution is -2.41. The van der Waals surface area contributed by atoms with E-state index in [4.69, 9.17) is 4.74 Å². The van der Waals surface area contributed by atoms with Crippen molar-refractivity contribution >= 4 is 11.9 Å².